The zero-order valence-electron chi connectivity index (χ0n) is 11.4. The quantitative estimate of drug-likeness (QED) is 0.896. The van der Waals surface area contributed by atoms with Crippen molar-refractivity contribution in [1.29, 1.82) is 0 Å². The zero-order valence-corrected chi connectivity index (χ0v) is 13.0. The van der Waals surface area contributed by atoms with Crippen molar-refractivity contribution in [3.8, 4) is 0 Å². The van der Waals surface area contributed by atoms with E-state index in [1.165, 1.54) is 0 Å². The van der Waals surface area contributed by atoms with Gasteiger partial charge in [-0.15, -0.1) is 0 Å². The lowest BCUT2D eigenvalue weighted by Crippen LogP contribution is -2.40. The monoisotopic (exact) mass is 328 g/mol. The Morgan fingerprint density at radius 1 is 1.53 bits per heavy atom. The lowest BCUT2D eigenvalue weighted by molar-refractivity contribution is 0.0840. The van der Waals surface area contributed by atoms with Crippen molar-refractivity contribution in [2.75, 3.05) is 0 Å². The Labute approximate surface area is 122 Å². The summed E-state index contributed by atoms with van der Waals surface area (Å²) in [5.74, 6) is -0.0569. The standard InChI is InChI=1S/C14H21BrN2O2/c1-9(2)17-8-10(15)6-13(17)14(19)16-11-4-3-5-12(18)7-11/h6,8-9,11-12,18H,3-5,7H2,1-2H3,(H,16,19). The number of carbonyl (C=O) groups is 1. The summed E-state index contributed by atoms with van der Waals surface area (Å²) in [6.45, 7) is 4.10. The summed E-state index contributed by atoms with van der Waals surface area (Å²) < 4.78 is 2.87. The minimum absolute atomic E-state index is 0.0569. The molecule has 106 valence electrons. The second-order valence-electron chi connectivity index (χ2n) is 5.54. The SMILES string of the molecule is CC(C)n1cc(Br)cc1C(=O)NC1CCCC(O)C1. The van der Waals surface area contributed by atoms with Crippen LogP contribution in [0.15, 0.2) is 16.7 Å². The molecular formula is C14H21BrN2O2. The predicted octanol–water partition coefficient (Wildman–Crippen LogP) is 2.86. The molecule has 1 amide bonds. The van der Waals surface area contributed by atoms with Gasteiger partial charge in [0.05, 0.1) is 6.10 Å². The minimum atomic E-state index is -0.275. The number of aromatic nitrogens is 1. The number of hydrogen-bond donors (Lipinski definition) is 2. The number of hydrogen-bond acceptors (Lipinski definition) is 2. The molecule has 1 aromatic rings. The van der Waals surface area contributed by atoms with Crippen LogP contribution in [0.3, 0.4) is 0 Å². The van der Waals surface area contributed by atoms with Crippen LogP contribution in [0.1, 0.15) is 56.1 Å². The van der Waals surface area contributed by atoms with Gasteiger partial charge in [0.15, 0.2) is 0 Å². The van der Waals surface area contributed by atoms with E-state index >= 15 is 0 Å². The fourth-order valence-electron chi connectivity index (χ4n) is 2.61. The first-order chi connectivity index (χ1) is 8.97. The third-order valence-corrected chi connectivity index (χ3v) is 4.02. The normalized spacial score (nSPS) is 23.6. The summed E-state index contributed by atoms with van der Waals surface area (Å²) >= 11 is 3.41. The smallest absolute Gasteiger partial charge is 0.268 e. The van der Waals surface area contributed by atoms with Gasteiger partial charge >= 0.3 is 0 Å². The predicted molar refractivity (Wildman–Crippen MR) is 78.2 cm³/mol. The van der Waals surface area contributed by atoms with Crippen LogP contribution in [0.5, 0.6) is 0 Å². The third-order valence-electron chi connectivity index (χ3n) is 3.59. The molecule has 2 rings (SSSR count). The molecule has 0 spiro atoms. The van der Waals surface area contributed by atoms with E-state index in [0.717, 1.165) is 23.7 Å². The Balaban J connectivity index is 2.07. The molecule has 2 atom stereocenters. The van der Waals surface area contributed by atoms with Crippen molar-refractivity contribution in [2.24, 2.45) is 0 Å². The second-order valence-corrected chi connectivity index (χ2v) is 6.45. The first kappa shape index (κ1) is 14.6. The highest BCUT2D eigenvalue weighted by atomic mass is 79.9. The summed E-state index contributed by atoms with van der Waals surface area (Å²) in [6.07, 6.45) is 5.08. The molecule has 1 heterocycles. The van der Waals surface area contributed by atoms with Crippen LogP contribution in [0.2, 0.25) is 0 Å². The van der Waals surface area contributed by atoms with Gasteiger partial charge < -0.3 is 15.0 Å². The Morgan fingerprint density at radius 2 is 2.26 bits per heavy atom. The van der Waals surface area contributed by atoms with E-state index in [0.29, 0.717) is 12.1 Å². The summed E-state index contributed by atoms with van der Waals surface area (Å²) in [5, 5.41) is 12.7. The van der Waals surface area contributed by atoms with Gasteiger partial charge in [-0.1, -0.05) is 0 Å². The van der Waals surface area contributed by atoms with Crippen molar-refractivity contribution in [3.05, 3.63) is 22.4 Å². The molecule has 5 heteroatoms. The zero-order chi connectivity index (χ0) is 14.0. The summed E-state index contributed by atoms with van der Waals surface area (Å²) in [4.78, 5) is 12.3. The average molecular weight is 329 g/mol. The molecule has 1 aromatic heterocycles. The van der Waals surface area contributed by atoms with Gasteiger partial charge in [-0.05, 0) is 61.5 Å². The van der Waals surface area contributed by atoms with Gasteiger partial charge in [-0.25, -0.2) is 0 Å². The van der Waals surface area contributed by atoms with Crippen LogP contribution in [0.4, 0.5) is 0 Å². The summed E-state index contributed by atoms with van der Waals surface area (Å²) in [5.41, 5.74) is 0.668. The highest BCUT2D eigenvalue weighted by Crippen LogP contribution is 2.21. The molecule has 0 bridgehead atoms. The van der Waals surface area contributed by atoms with Crippen LogP contribution < -0.4 is 5.32 Å². The number of carbonyl (C=O) groups excluding carboxylic acids is 1. The van der Waals surface area contributed by atoms with Gasteiger partial charge in [0.1, 0.15) is 5.69 Å². The maximum Gasteiger partial charge on any atom is 0.268 e. The largest absolute Gasteiger partial charge is 0.393 e. The Kier molecular flexibility index (Phi) is 4.68. The van der Waals surface area contributed by atoms with Gasteiger partial charge in [0, 0.05) is 22.8 Å². The number of nitrogens with one attached hydrogen (secondary N) is 1. The van der Waals surface area contributed by atoms with Crippen LogP contribution in [0, 0.1) is 0 Å². The summed E-state index contributed by atoms with van der Waals surface area (Å²) in [7, 11) is 0. The first-order valence-electron chi connectivity index (χ1n) is 6.83. The van der Waals surface area contributed by atoms with E-state index in [4.69, 9.17) is 0 Å². The number of aliphatic hydroxyl groups is 1. The van der Waals surface area contributed by atoms with Gasteiger partial charge in [0.2, 0.25) is 0 Å². The molecule has 0 aliphatic heterocycles. The van der Waals surface area contributed by atoms with Crippen LogP contribution in [0.25, 0.3) is 0 Å². The Hall–Kier alpha value is -0.810. The fraction of sp³-hybridized carbons (Fsp3) is 0.643. The molecule has 1 fully saturated rings. The molecule has 2 unspecified atom stereocenters. The van der Waals surface area contributed by atoms with Gasteiger partial charge in [-0.3, -0.25) is 4.79 Å². The lowest BCUT2D eigenvalue weighted by Gasteiger charge is -2.27. The van der Waals surface area contributed by atoms with Gasteiger partial charge in [-0.2, -0.15) is 0 Å². The van der Waals surface area contributed by atoms with Crippen molar-refractivity contribution >= 4 is 21.8 Å². The van der Waals surface area contributed by atoms with E-state index in [1.54, 1.807) is 0 Å². The number of aliphatic hydroxyl groups excluding tert-OH is 1. The van der Waals surface area contributed by atoms with Crippen LogP contribution in [-0.4, -0.2) is 27.7 Å². The van der Waals surface area contributed by atoms with E-state index < -0.39 is 0 Å². The topological polar surface area (TPSA) is 54.3 Å². The highest BCUT2D eigenvalue weighted by molar-refractivity contribution is 9.10. The maximum atomic E-state index is 12.3. The molecular weight excluding hydrogens is 308 g/mol. The highest BCUT2D eigenvalue weighted by Gasteiger charge is 2.23. The van der Waals surface area contributed by atoms with Crippen LogP contribution >= 0.6 is 15.9 Å². The molecule has 4 nitrogen and oxygen atoms in total. The second kappa shape index (κ2) is 6.09. The van der Waals surface area contributed by atoms with Crippen molar-refractivity contribution in [2.45, 2.75) is 57.7 Å². The number of rotatable bonds is 3. The number of nitrogens with zero attached hydrogens (tertiary/aromatic N) is 1. The number of amides is 1. The van der Waals surface area contributed by atoms with E-state index in [1.807, 2.05) is 30.7 Å². The average Bonchev–Trinajstić information content (AvgIpc) is 2.71. The molecule has 0 radical (unpaired) electrons. The summed E-state index contributed by atoms with van der Waals surface area (Å²) in [6, 6.07) is 2.17. The molecule has 1 aliphatic rings. The van der Waals surface area contributed by atoms with E-state index in [9.17, 15) is 9.90 Å². The minimum Gasteiger partial charge on any atom is -0.393 e. The Morgan fingerprint density at radius 3 is 2.89 bits per heavy atom. The first-order valence-corrected chi connectivity index (χ1v) is 7.63. The van der Waals surface area contributed by atoms with Crippen molar-refractivity contribution < 1.29 is 9.90 Å². The molecule has 19 heavy (non-hydrogen) atoms. The van der Waals surface area contributed by atoms with Gasteiger partial charge in [0.25, 0.3) is 5.91 Å². The third kappa shape index (κ3) is 3.60. The fourth-order valence-corrected chi connectivity index (χ4v) is 3.05. The van der Waals surface area contributed by atoms with Crippen molar-refractivity contribution in [3.63, 3.8) is 0 Å². The molecule has 1 saturated carbocycles. The number of halogens is 1. The lowest BCUT2D eigenvalue weighted by atomic mass is 9.93. The van der Waals surface area contributed by atoms with Crippen molar-refractivity contribution in [1.82, 2.24) is 9.88 Å². The molecule has 0 saturated heterocycles. The molecule has 2 N–H and O–H groups in total. The van der Waals surface area contributed by atoms with E-state index in [-0.39, 0.29) is 24.1 Å². The van der Waals surface area contributed by atoms with E-state index in [2.05, 4.69) is 21.2 Å². The molecule has 0 aromatic carbocycles. The molecule has 1 aliphatic carbocycles. The Bertz CT molecular complexity index is 456. The van der Waals surface area contributed by atoms with Crippen LogP contribution in [-0.2, 0) is 0 Å². The maximum absolute atomic E-state index is 12.3.